The molecule has 31 heteroatoms. The molecule has 660 valence electrons. The van der Waals surface area contributed by atoms with Gasteiger partial charge in [-0.1, -0.05) is 123 Å². The highest BCUT2D eigenvalue weighted by molar-refractivity contribution is 9.10. The van der Waals surface area contributed by atoms with Gasteiger partial charge in [-0.15, -0.1) is 30.3 Å². The average molecular weight is 1780 g/mol. The number of anilines is 4. The predicted octanol–water partition coefficient (Wildman–Crippen LogP) is 13.0. The quantitative estimate of drug-likeness (QED) is 0.0285. The third-order valence-corrected chi connectivity index (χ3v) is 30.1. The first-order valence-corrected chi connectivity index (χ1v) is 44.7. The maximum atomic E-state index is 14.2. The molecule has 3 saturated heterocycles. The van der Waals surface area contributed by atoms with Gasteiger partial charge in [-0.05, 0) is 221 Å². The van der Waals surface area contributed by atoms with E-state index in [4.69, 9.17) is 33.9 Å². The van der Waals surface area contributed by atoms with Crippen LogP contribution in [0.15, 0.2) is 157 Å². The minimum absolute atomic E-state index is 0.0439. The molecule has 5 N–H and O–H groups in total. The molecule has 6 aromatic carbocycles. The number of hydrogen-bond acceptors (Lipinski definition) is 21. The second-order valence-corrected chi connectivity index (χ2v) is 37.1. The number of aromatic nitrogens is 9. The maximum Gasteiger partial charge on any atom is 0.311 e. The van der Waals surface area contributed by atoms with Crippen molar-refractivity contribution in [1.29, 1.82) is 0 Å². The highest BCUT2D eigenvalue weighted by Crippen LogP contribution is 2.57. The monoisotopic (exact) mass is 1780 g/mol. The molecular weight excluding hydrogens is 1680 g/mol. The normalized spacial score (nSPS) is 28.2. The molecule has 0 radical (unpaired) electrons. The van der Waals surface area contributed by atoms with Crippen molar-refractivity contribution in [2.24, 2.45) is 59.2 Å². The fourth-order valence-corrected chi connectivity index (χ4v) is 23.2. The second kappa shape index (κ2) is 36.5. The highest BCUT2D eigenvalue weighted by Gasteiger charge is 2.65. The molecule has 0 unspecified atom stereocenters. The molecule has 127 heavy (non-hydrogen) atoms. The molecule has 3 aromatic heterocycles. The van der Waals surface area contributed by atoms with Crippen LogP contribution in [0, 0.1) is 99.7 Å². The van der Waals surface area contributed by atoms with Crippen molar-refractivity contribution in [2.45, 2.75) is 171 Å². The van der Waals surface area contributed by atoms with Crippen LogP contribution in [0.3, 0.4) is 0 Å². The van der Waals surface area contributed by atoms with Crippen LogP contribution >= 0.6 is 15.9 Å². The van der Waals surface area contributed by atoms with Gasteiger partial charge in [0.15, 0.2) is 0 Å². The zero-order chi connectivity index (χ0) is 89.5. The minimum atomic E-state index is -1.07. The lowest BCUT2D eigenvalue weighted by Crippen LogP contribution is -2.60. The maximum absolute atomic E-state index is 14.2. The number of nitrogens with zero attached hydrogens (tertiary/aromatic N) is 16. The molecule has 3 aliphatic carbocycles. The molecule has 18 rings (SSSR count). The fraction of sp³-hybridized carbons (Fsp3) is 0.469. The number of fused-ring (bicyclic) bond motifs is 6. The van der Waals surface area contributed by atoms with Crippen molar-refractivity contribution < 1.29 is 53.2 Å². The number of carbonyl (C=O) groups excluding carboxylic acids is 6. The number of nitrogens with one attached hydrogen (secondary N) is 3. The summed E-state index contributed by atoms with van der Waals surface area (Å²) >= 11 is 3.46. The number of ether oxygens (including phenoxy) is 3. The summed E-state index contributed by atoms with van der Waals surface area (Å²) in [6, 6.07) is 41.8. The van der Waals surface area contributed by atoms with E-state index in [2.05, 4.69) is 118 Å². The highest BCUT2D eigenvalue weighted by atomic mass is 79.9. The number of rotatable bonds is 19. The average Bonchev–Trinajstić information content (AvgIpc) is 1.63. The molecule has 18 atom stereocenters. The molecule has 0 spiro atoms. The van der Waals surface area contributed by atoms with Crippen LogP contribution < -0.4 is 20.9 Å². The standard InChI is InChI=1S/C34H40N6O3.C32H37N7O4.C30H31BrN6O4/c1-20-11-12-24-18-40(35-5)30(17-26(24)31(20)32(41)43-6)34(27-9-7-8-10-28(27)36-33(34)42)13-14-39-19-29(37-38-39)25-16-22(3)21(2)15-23(25)4;1-33-39-18-21-11-14-27(40)29(30(41)43-4)23(21)17-28(39)32(24-7-5-6-8-25(24)34-31(32)42)15-16-38-19-26(35-36-38)20-9-12-22(13-10-20)37(2)3;1-32-37-16-19-9-12-25(38)27(28(39)41-2)21(19)15-26(37)30(22-5-3-4-6-23(22)33-29(30)40)13-14-36-17-24(34-35-36)18-7-10-20(31)11-8-18/h7-10,15-16,19-20,24,26,30-31H,11-14,17-18H2,1-4,6H3,(H,36,42);5-10,12-13,19,21,23,27-29,40H,11,14-18H2,2-4H3,(H,34,42);3-8,10-11,17,19,21,25-27,38H,9,12-16H2,2H3,(H,33,40)/t20-,24-,26-,30-,31-,34-;21-,23-,27-,28-,29+,32-;19-,21-,25-,26-,27+,30-/m000/s1. The lowest BCUT2D eigenvalue weighted by molar-refractivity contribution is -0.161. The molecule has 9 heterocycles. The van der Waals surface area contributed by atoms with Gasteiger partial charge in [0.05, 0.1) is 89.5 Å². The summed E-state index contributed by atoms with van der Waals surface area (Å²) in [6.07, 6.45) is 10.9. The van der Waals surface area contributed by atoms with E-state index >= 15 is 0 Å². The zero-order valence-electron chi connectivity index (χ0n) is 72.9. The van der Waals surface area contributed by atoms with E-state index in [0.29, 0.717) is 103 Å². The number of aliphatic hydroxyl groups is 2. The molecule has 3 saturated carbocycles. The molecule has 6 aliphatic heterocycles. The molecule has 9 aliphatic rings. The Labute approximate surface area is 747 Å². The van der Waals surface area contributed by atoms with Crippen molar-refractivity contribution in [3.05, 3.63) is 224 Å². The van der Waals surface area contributed by atoms with Crippen LogP contribution in [-0.2, 0) is 78.9 Å². The van der Waals surface area contributed by atoms with Gasteiger partial charge in [0.25, 0.3) is 0 Å². The Morgan fingerprint density at radius 1 is 0.480 bits per heavy atom. The van der Waals surface area contributed by atoms with E-state index < -0.39 is 70.4 Å². The number of para-hydroxylation sites is 3. The largest absolute Gasteiger partial charge is 0.469 e. The summed E-state index contributed by atoms with van der Waals surface area (Å²) in [7, 11) is 8.12. The smallest absolute Gasteiger partial charge is 0.311 e. The summed E-state index contributed by atoms with van der Waals surface area (Å²) in [5.74, 6) is -2.98. The van der Waals surface area contributed by atoms with Gasteiger partial charge >= 0.3 is 17.9 Å². The number of esters is 3. The number of amides is 3. The topological polar surface area (TPSA) is 325 Å². The third-order valence-electron chi connectivity index (χ3n) is 29.6. The Hall–Kier alpha value is -12.4. The number of piperidine rings is 3. The van der Waals surface area contributed by atoms with Crippen LogP contribution in [0.4, 0.5) is 22.7 Å². The fourth-order valence-electron chi connectivity index (χ4n) is 22.9. The molecule has 6 fully saturated rings. The van der Waals surface area contributed by atoms with E-state index in [1.54, 1.807) is 24.4 Å². The number of aryl methyl sites for hydroxylation is 6. The molecule has 3 amide bonds. The van der Waals surface area contributed by atoms with Crippen LogP contribution in [-0.4, -0.2) is 191 Å². The van der Waals surface area contributed by atoms with Crippen LogP contribution in [0.25, 0.3) is 48.6 Å². The summed E-state index contributed by atoms with van der Waals surface area (Å²) in [4.78, 5) is 95.0. The Balaban J connectivity index is 0.000000140. The summed E-state index contributed by atoms with van der Waals surface area (Å²) in [6.45, 7) is 35.5. The molecule has 30 nitrogen and oxygen atoms in total. The van der Waals surface area contributed by atoms with Crippen molar-refractivity contribution in [3.63, 3.8) is 0 Å². The van der Waals surface area contributed by atoms with E-state index in [-0.39, 0.29) is 71.0 Å². The van der Waals surface area contributed by atoms with Crippen LogP contribution in [0.2, 0.25) is 0 Å². The summed E-state index contributed by atoms with van der Waals surface area (Å²) in [5.41, 5.74) is 11.5. The van der Waals surface area contributed by atoms with E-state index in [1.165, 1.54) is 32.5 Å². The zero-order valence-corrected chi connectivity index (χ0v) is 74.5. The number of halogens is 1. The van der Waals surface area contributed by atoms with Crippen molar-refractivity contribution in [3.8, 4) is 33.8 Å². The van der Waals surface area contributed by atoms with Crippen molar-refractivity contribution >= 4 is 74.3 Å². The SMILES string of the molecule is [C-]#[N+]N1C[C@@H]2CC[C@H](C)[C@H](C(=O)OC)[C@H]2C[C@H]1[C@@]1(CCn2cc(-c3cc(C)c(C)cc3C)nn2)C(=O)Nc2ccccc21.[C-]#[N+]N1C[C@@H]2CC[C@H](O)[C@H](C(=O)OC)[C@H]2C[C@H]1[C@@]1(CCn2cc(-c3ccc(Br)cc3)nn2)C(=O)Nc2ccccc21.[C-]#[N+]N1C[C@@H]2CC[C@H](O)[C@H](C(=O)OC)[C@H]2C[C@H]1[C@@]1(CCn2cc(-c3ccc(N(C)C)cc3)nn2)C(=O)Nc2ccccc21. The second-order valence-electron chi connectivity index (χ2n) is 36.1. The van der Waals surface area contributed by atoms with Gasteiger partial charge in [-0.2, -0.15) is 34.6 Å². The van der Waals surface area contributed by atoms with E-state index in [1.807, 2.05) is 164 Å². The molecular formula is C96H108BrN19O11. The van der Waals surface area contributed by atoms with Gasteiger partial charge in [-0.25, -0.2) is 0 Å². The van der Waals surface area contributed by atoms with E-state index in [9.17, 15) is 39.0 Å². The third kappa shape index (κ3) is 16.3. The Morgan fingerprint density at radius 2 is 0.827 bits per heavy atom. The van der Waals surface area contributed by atoms with Gasteiger partial charge < -0.3 is 45.3 Å². The first-order chi connectivity index (χ1) is 61.3. The number of aliphatic hydroxyl groups excluding tert-OH is 2. The van der Waals surface area contributed by atoms with Gasteiger partial charge in [0.1, 0.15) is 51.5 Å². The number of carbonyl (C=O) groups is 6. The van der Waals surface area contributed by atoms with Gasteiger partial charge in [-0.3, -0.25) is 42.8 Å². The Bertz CT molecular complexity index is 5760. The predicted molar refractivity (Wildman–Crippen MR) is 478 cm³/mol. The molecule has 0 bridgehead atoms. The lowest BCUT2D eigenvalue weighted by atomic mass is 9.59. The lowest BCUT2D eigenvalue weighted by Gasteiger charge is -2.49. The Kier molecular flexibility index (Phi) is 25.3. The van der Waals surface area contributed by atoms with Crippen LogP contribution in [0.1, 0.15) is 117 Å². The van der Waals surface area contributed by atoms with Gasteiger partial charge in [0.2, 0.25) is 17.7 Å². The molecule has 9 aromatic rings. The summed E-state index contributed by atoms with van der Waals surface area (Å²) in [5, 5.41) is 62.7. The number of benzene rings is 6. The first kappa shape index (κ1) is 88.1. The van der Waals surface area contributed by atoms with Gasteiger partial charge in [0, 0.05) is 77.6 Å². The number of methoxy groups -OCH3 is 3. The number of hydrogen-bond donors (Lipinski definition) is 5. The van der Waals surface area contributed by atoms with Crippen molar-refractivity contribution in [2.75, 3.05) is 75.9 Å². The van der Waals surface area contributed by atoms with E-state index in [0.717, 1.165) is 96.1 Å². The summed E-state index contributed by atoms with van der Waals surface area (Å²) < 4.78 is 21.8. The Morgan fingerprint density at radius 3 is 1.21 bits per heavy atom. The van der Waals surface area contributed by atoms with Crippen LogP contribution in [0.5, 0.6) is 0 Å². The minimum Gasteiger partial charge on any atom is -0.469 e. The van der Waals surface area contributed by atoms with Crippen molar-refractivity contribution in [1.82, 2.24) is 60.0 Å². The first-order valence-electron chi connectivity index (χ1n) is 43.9.